The maximum absolute atomic E-state index is 12.4. The van der Waals surface area contributed by atoms with Crippen LogP contribution in [0.15, 0.2) is 54.7 Å². The van der Waals surface area contributed by atoms with Gasteiger partial charge in [-0.3, -0.25) is 4.79 Å². The largest absolute Gasteiger partial charge is 0.352 e. The van der Waals surface area contributed by atoms with Gasteiger partial charge in [0.15, 0.2) is 0 Å². The van der Waals surface area contributed by atoms with Crippen molar-refractivity contribution in [1.82, 2.24) is 15.1 Å². The van der Waals surface area contributed by atoms with Crippen LogP contribution in [0.3, 0.4) is 0 Å². The molecular formula is C18H19N3O. The Morgan fingerprint density at radius 1 is 1.14 bits per heavy atom. The van der Waals surface area contributed by atoms with Crippen molar-refractivity contribution in [3.05, 3.63) is 60.3 Å². The number of nitrogens with one attached hydrogen (secondary N) is 1. The summed E-state index contributed by atoms with van der Waals surface area (Å²) in [5.74, 6) is -0.0522. The van der Waals surface area contributed by atoms with Crippen LogP contribution in [0.4, 0.5) is 0 Å². The molecular weight excluding hydrogens is 274 g/mol. The molecule has 0 radical (unpaired) electrons. The topological polar surface area (TPSA) is 46.9 Å². The lowest BCUT2D eigenvalue weighted by molar-refractivity contribution is 0.0953. The van der Waals surface area contributed by atoms with Crippen molar-refractivity contribution in [1.29, 1.82) is 0 Å². The average molecular weight is 293 g/mol. The predicted molar refractivity (Wildman–Crippen MR) is 88.3 cm³/mol. The summed E-state index contributed by atoms with van der Waals surface area (Å²) in [5, 5.41) is 8.58. The highest BCUT2D eigenvalue weighted by molar-refractivity contribution is 5.97. The van der Waals surface area contributed by atoms with Crippen molar-refractivity contribution in [3.8, 4) is 5.69 Å². The van der Waals surface area contributed by atoms with E-state index in [0.29, 0.717) is 12.1 Å². The molecule has 0 bridgehead atoms. The minimum absolute atomic E-state index is 0.0522. The number of carbonyl (C=O) groups is 1. The molecule has 0 saturated carbocycles. The SMILES string of the molecule is CCCCNC(=O)c1ccccc1-n1cc2ccccc2n1. The molecule has 4 heteroatoms. The number of aromatic nitrogens is 2. The van der Waals surface area contributed by atoms with Gasteiger partial charge in [-0.25, -0.2) is 4.68 Å². The number of amides is 1. The van der Waals surface area contributed by atoms with Gasteiger partial charge in [0.05, 0.1) is 16.8 Å². The fourth-order valence-electron chi connectivity index (χ4n) is 2.43. The molecule has 0 saturated heterocycles. The van der Waals surface area contributed by atoms with Gasteiger partial charge in [0.1, 0.15) is 0 Å². The quantitative estimate of drug-likeness (QED) is 0.731. The van der Waals surface area contributed by atoms with Crippen LogP contribution in [0, 0.1) is 0 Å². The Morgan fingerprint density at radius 2 is 1.91 bits per heavy atom. The Bertz CT molecular complexity index is 759. The summed E-state index contributed by atoms with van der Waals surface area (Å²) in [6.45, 7) is 2.81. The van der Waals surface area contributed by atoms with E-state index in [4.69, 9.17) is 0 Å². The number of hydrogen-bond donors (Lipinski definition) is 1. The molecule has 0 fully saturated rings. The van der Waals surface area contributed by atoms with E-state index in [1.807, 2.05) is 54.7 Å². The molecule has 0 aliphatic carbocycles. The van der Waals surface area contributed by atoms with Crippen LogP contribution in [0.5, 0.6) is 0 Å². The van der Waals surface area contributed by atoms with Crippen molar-refractivity contribution in [3.63, 3.8) is 0 Å². The zero-order valence-electron chi connectivity index (χ0n) is 12.6. The smallest absolute Gasteiger partial charge is 0.253 e. The van der Waals surface area contributed by atoms with Crippen LogP contribution in [-0.2, 0) is 0 Å². The van der Waals surface area contributed by atoms with Gasteiger partial charge in [0.2, 0.25) is 0 Å². The summed E-state index contributed by atoms with van der Waals surface area (Å²) in [6.07, 6.45) is 4.00. The predicted octanol–water partition coefficient (Wildman–Crippen LogP) is 3.56. The molecule has 0 unspecified atom stereocenters. The zero-order valence-corrected chi connectivity index (χ0v) is 12.6. The molecule has 112 valence electrons. The number of carbonyl (C=O) groups excluding carboxylic acids is 1. The molecule has 1 N–H and O–H groups in total. The van der Waals surface area contributed by atoms with Crippen LogP contribution < -0.4 is 5.32 Å². The Kier molecular flexibility index (Phi) is 4.19. The second kappa shape index (κ2) is 6.43. The molecule has 0 aliphatic heterocycles. The maximum atomic E-state index is 12.4. The average Bonchev–Trinajstić information content (AvgIpc) is 2.99. The Labute approximate surface area is 129 Å². The number of unbranched alkanes of at least 4 members (excludes halogenated alkanes) is 1. The second-order valence-corrected chi connectivity index (χ2v) is 5.26. The van der Waals surface area contributed by atoms with E-state index >= 15 is 0 Å². The molecule has 0 atom stereocenters. The molecule has 3 rings (SSSR count). The number of nitrogens with zero attached hydrogens (tertiary/aromatic N) is 2. The summed E-state index contributed by atoms with van der Waals surface area (Å²) in [4.78, 5) is 12.4. The highest BCUT2D eigenvalue weighted by atomic mass is 16.1. The second-order valence-electron chi connectivity index (χ2n) is 5.26. The van der Waals surface area contributed by atoms with Crippen LogP contribution in [0.1, 0.15) is 30.1 Å². The number of fused-ring (bicyclic) bond motifs is 1. The molecule has 2 aromatic carbocycles. The molecule has 3 aromatic rings. The molecule has 1 amide bonds. The lowest BCUT2D eigenvalue weighted by atomic mass is 10.1. The monoisotopic (exact) mass is 293 g/mol. The minimum Gasteiger partial charge on any atom is -0.352 e. The first kappa shape index (κ1) is 14.3. The van der Waals surface area contributed by atoms with Crippen molar-refractivity contribution < 1.29 is 4.79 Å². The lowest BCUT2D eigenvalue weighted by Crippen LogP contribution is -2.25. The van der Waals surface area contributed by atoms with Crippen LogP contribution >= 0.6 is 0 Å². The number of rotatable bonds is 5. The summed E-state index contributed by atoms with van der Waals surface area (Å²) in [7, 11) is 0. The van der Waals surface area contributed by atoms with E-state index in [1.54, 1.807) is 4.68 Å². The standard InChI is InChI=1S/C18H19N3O/c1-2-3-12-19-18(22)15-9-5-7-11-17(15)21-13-14-8-4-6-10-16(14)20-21/h4-11,13H,2-3,12H2,1H3,(H,19,22). The first-order valence-corrected chi connectivity index (χ1v) is 7.61. The first-order valence-electron chi connectivity index (χ1n) is 7.61. The van der Waals surface area contributed by atoms with E-state index in [9.17, 15) is 4.79 Å². The van der Waals surface area contributed by atoms with Gasteiger partial charge in [-0.15, -0.1) is 0 Å². The molecule has 4 nitrogen and oxygen atoms in total. The van der Waals surface area contributed by atoms with Gasteiger partial charge in [-0.2, -0.15) is 5.10 Å². The Hall–Kier alpha value is -2.62. The Morgan fingerprint density at radius 3 is 2.73 bits per heavy atom. The fraction of sp³-hybridized carbons (Fsp3) is 0.222. The third-order valence-corrected chi connectivity index (χ3v) is 3.62. The van der Waals surface area contributed by atoms with Gasteiger partial charge >= 0.3 is 0 Å². The molecule has 0 aliphatic rings. The molecule has 22 heavy (non-hydrogen) atoms. The fourth-order valence-corrected chi connectivity index (χ4v) is 2.43. The van der Waals surface area contributed by atoms with E-state index < -0.39 is 0 Å². The number of hydrogen-bond acceptors (Lipinski definition) is 2. The highest BCUT2D eigenvalue weighted by Gasteiger charge is 2.13. The van der Waals surface area contributed by atoms with E-state index in [2.05, 4.69) is 17.3 Å². The zero-order chi connectivity index (χ0) is 15.4. The summed E-state index contributed by atoms with van der Waals surface area (Å²) in [5.41, 5.74) is 2.36. The lowest BCUT2D eigenvalue weighted by Gasteiger charge is -2.09. The minimum atomic E-state index is -0.0522. The summed E-state index contributed by atoms with van der Waals surface area (Å²) >= 11 is 0. The maximum Gasteiger partial charge on any atom is 0.253 e. The third-order valence-electron chi connectivity index (χ3n) is 3.62. The van der Waals surface area contributed by atoms with Crippen molar-refractivity contribution in [2.45, 2.75) is 19.8 Å². The van der Waals surface area contributed by atoms with Gasteiger partial charge < -0.3 is 5.32 Å². The van der Waals surface area contributed by atoms with Gasteiger partial charge in [-0.05, 0) is 24.6 Å². The van der Waals surface area contributed by atoms with Crippen LogP contribution in [0.2, 0.25) is 0 Å². The number of benzene rings is 2. The van der Waals surface area contributed by atoms with Crippen LogP contribution in [0.25, 0.3) is 16.6 Å². The van der Waals surface area contributed by atoms with E-state index in [-0.39, 0.29) is 5.91 Å². The van der Waals surface area contributed by atoms with Gasteiger partial charge in [0.25, 0.3) is 5.91 Å². The third kappa shape index (κ3) is 2.86. The Balaban J connectivity index is 1.95. The normalized spacial score (nSPS) is 10.8. The van der Waals surface area contributed by atoms with Crippen LogP contribution in [-0.4, -0.2) is 22.2 Å². The molecule has 0 spiro atoms. The summed E-state index contributed by atoms with van der Waals surface area (Å²) in [6, 6.07) is 15.5. The number of para-hydroxylation sites is 1. The van der Waals surface area contributed by atoms with Crippen molar-refractivity contribution in [2.24, 2.45) is 0 Å². The van der Waals surface area contributed by atoms with Crippen molar-refractivity contribution >= 4 is 16.8 Å². The van der Waals surface area contributed by atoms with E-state index in [0.717, 1.165) is 29.4 Å². The summed E-state index contributed by atoms with van der Waals surface area (Å²) < 4.78 is 1.78. The van der Waals surface area contributed by atoms with E-state index in [1.165, 1.54) is 0 Å². The molecule has 1 heterocycles. The van der Waals surface area contributed by atoms with Crippen molar-refractivity contribution in [2.75, 3.05) is 6.54 Å². The highest BCUT2D eigenvalue weighted by Crippen LogP contribution is 2.18. The van der Waals surface area contributed by atoms with Gasteiger partial charge in [0, 0.05) is 18.1 Å². The first-order chi connectivity index (χ1) is 10.8. The molecule has 1 aromatic heterocycles. The van der Waals surface area contributed by atoms with Gasteiger partial charge in [-0.1, -0.05) is 43.7 Å².